The van der Waals surface area contributed by atoms with Crippen molar-refractivity contribution in [1.82, 2.24) is 5.32 Å². The molecule has 19 heavy (non-hydrogen) atoms. The summed E-state index contributed by atoms with van der Waals surface area (Å²) in [5.74, 6) is -0.790. The van der Waals surface area contributed by atoms with Crippen molar-refractivity contribution >= 4 is 39.3 Å². The fraction of sp³-hybridized carbons (Fsp3) is 0.333. The van der Waals surface area contributed by atoms with Crippen LogP contribution in [0.5, 0.6) is 0 Å². The molecule has 0 aliphatic carbocycles. The van der Waals surface area contributed by atoms with Crippen LogP contribution in [0, 0.1) is 6.92 Å². The van der Waals surface area contributed by atoms with Crippen LogP contribution < -0.4 is 11.1 Å². The lowest BCUT2D eigenvalue weighted by Crippen LogP contribution is -2.28. The molecule has 5 nitrogen and oxygen atoms in total. The van der Waals surface area contributed by atoms with E-state index in [1.807, 2.05) is 6.92 Å². The number of nitrogens with one attached hydrogen (secondary N) is 1. The molecule has 0 saturated heterocycles. The zero-order chi connectivity index (χ0) is 14.4. The molecule has 1 rings (SSSR count). The maximum atomic E-state index is 11.8. The molecule has 0 aliphatic rings. The quantitative estimate of drug-likeness (QED) is 0.766. The van der Waals surface area contributed by atoms with E-state index in [2.05, 4.69) is 21.2 Å². The van der Waals surface area contributed by atoms with Gasteiger partial charge < -0.3 is 15.8 Å². The molecule has 0 saturated carbocycles. The van der Waals surface area contributed by atoms with Crippen LogP contribution in [0.1, 0.15) is 15.9 Å². The van der Waals surface area contributed by atoms with Gasteiger partial charge in [-0.05, 0) is 40.5 Å². The molecule has 0 aromatic heterocycles. The maximum absolute atomic E-state index is 11.8. The Labute approximate surface area is 124 Å². The highest BCUT2D eigenvalue weighted by Crippen LogP contribution is 2.27. The first-order chi connectivity index (χ1) is 8.91. The van der Waals surface area contributed by atoms with Gasteiger partial charge in [0, 0.05) is 16.6 Å². The minimum absolute atomic E-state index is 0.154. The minimum Gasteiger partial charge on any atom is -0.370 e. The first-order valence-electron chi connectivity index (χ1n) is 5.51. The number of amides is 2. The molecular weight excluding hydrogens is 336 g/mol. The predicted molar refractivity (Wildman–Crippen MR) is 76.2 cm³/mol. The van der Waals surface area contributed by atoms with Crippen molar-refractivity contribution in [3.05, 3.63) is 32.8 Å². The van der Waals surface area contributed by atoms with E-state index < -0.39 is 5.91 Å². The van der Waals surface area contributed by atoms with Gasteiger partial charge in [0.2, 0.25) is 5.91 Å². The Morgan fingerprint density at radius 1 is 1.47 bits per heavy atom. The lowest BCUT2D eigenvalue weighted by molar-refractivity contribution is -0.122. The summed E-state index contributed by atoms with van der Waals surface area (Å²) >= 11 is 9.30. The van der Waals surface area contributed by atoms with E-state index in [9.17, 15) is 9.59 Å². The third kappa shape index (κ3) is 5.18. The van der Waals surface area contributed by atoms with E-state index in [4.69, 9.17) is 22.1 Å². The van der Waals surface area contributed by atoms with Crippen LogP contribution in [0.3, 0.4) is 0 Å². The summed E-state index contributed by atoms with van der Waals surface area (Å²) < 4.78 is 5.70. The van der Waals surface area contributed by atoms with Crippen LogP contribution >= 0.6 is 27.5 Å². The fourth-order valence-corrected chi connectivity index (χ4v) is 1.86. The zero-order valence-electron chi connectivity index (χ0n) is 10.3. The van der Waals surface area contributed by atoms with Crippen molar-refractivity contribution in [2.75, 3.05) is 19.8 Å². The van der Waals surface area contributed by atoms with Gasteiger partial charge in [0.15, 0.2) is 0 Å². The molecule has 0 heterocycles. The van der Waals surface area contributed by atoms with Gasteiger partial charge in [-0.1, -0.05) is 11.6 Å². The summed E-state index contributed by atoms with van der Waals surface area (Å²) in [6.07, 6.45) is 0. The van der Waals surface area contributed by atoms with Gasteiger partial charge in [-0.3, -0.25) is 9.59 Å². The Hall–Kier alpha value is -1.11. The van der Waals surface area contributed by atoms with Crippen molar-refractivity contribution in [3.8, 4) is 0 Å². The average Bonchev–Trinajstić information content (AvgIpc) is 2.34. The van der Waals surface area contributed by atoms with Crippen LogP contribution in [0.2, 0.25) is 5.02 Å². The minimum atomic E-state index is -0.540. The molecule has 0 aliphatic heterocycles. The number of nitrogens with two attached hydrogens (primary N) is 1. The smallest absolute Gasteiger partial charge is 0.251 e. The predicted octanol–water partition coefficient (Wildman–Crippen LogP) is 1.64. The van der Waals surface area contributed by atoms with Crippen LogP contribution in [0.15, 0.2) is 16.6 Å². The number of hydrogen-bond acceptors (Lipinski definition) is 3. The largest absolute Gasteiger partial charge is 0.370 e. The number of aryl methyl sites for hydroxylation is 1. The number of hydrogen-bond donors (Lipinski definition) is 2. The Morgan fingerprint density at radius 2 is 2.16 bits per heavy atom. The fourth-order valence-electron chi connectivity index (χ4n) is 1.37. The summed E-state index contributed by atoms with van der Waals surface area (Å²) in [7, 11) is 0. The number of primary amides is 1. The average molecular weight is 350 g/mol. The Bertz CT molecular complexity index is 471. The molecule has 1 aromatic rings. The van der Waals surface area contributed by atoms with Gasteiger partial charge in [-0.25, -0.2) is 0 Å². The van der Waals surface area contributed by atoms with E-state index in [1.165, 1.54) is 0 Å². The molecule has 0 spiro atoms. The van der Waals surface area contributed by atoms with Crippen molar-refractivity contribution in [3.63, 3.8) is 0 Å². The molecular formula is C12H14BrClN2O3. The number of ether oxygens (including phenoxy) is 1. The molecule has 0 bridgehead atoms. The van der Waals surface area contributed by atoms with Crippen LogP contribution in [-0.4, -0.2) is 31.6 Å². The summed E-state index contributed by atoms with van der Waals surface area (Å²) in [5, 5.41) is 3.14. The highest BCUT2D eigenvalue weighted by atomic mass is 79.9. The highest BCUT2D eigenvalue weighted by molar-refractivity contribution is 9.10. The SMILES string of the molecule is Cc1cc(C(=O)NCCOCC(N)=O)cc(Cl)c1Br. The molecule has 3 N–H and O–H groups in total. The molecule has 0 radical (unpaired) electrons. The van der Waals surface area contributed by atoms with Gasteiger partial charge >= 0.3 is 0 Å². The molecule has 0 fully saturated rings. The van der Waals surface area contributed by atoms with E-state index in [0.717, 1.165) is 10.0 Å². The van der Waals surface area contributed by atoms with Gasteiger partial charge in [-0.2, -0.15) is 0 Å². The number of halogens is 2. The van der Waals surface area contributed by atoms with Gasteiger partial charge in [0.25, 0.3) is 5.91 Å². The summed E-state index contributed by atoms with van der Waals surface area (Å²) in [6.45, 7) is 2.21. The molecule has 104 valence electrons. The Balaban J connectivity index is 2.48. The number of carbonyl (C=O) groups is 2. The molecule has 2 amide bonds. The van der Waals surface area contributed by atoms with E-state index in [1.54, 1.807) is 12.1 Å². The second-order valence-corrected chi connectivity index (χ2v) is 5.06. The summed E-state index contributed by atoms with van der Waals surface area (Å²) in [6, 6.07) is 3.31. The lowest BCUT2D eigenvalue weighted by Gasteiger charge is -2.08. The lowest BCUT2D eigenvalue weighted by atomic mass is 10.1. The van der Waals surface area contributed by atoms with Crippen LogP contribution in [0.25, 0.3) is 0 Å². The Kier molecular flexibility index (Phi) is 6.27. The maximum Gasteiger partial charge on any atom is 0.251 e. The number of rotatable bonds is 6. The third-order valence-corrected chi connectivity index (χ3v) is 3.83. The molecule has 7 heteroatoms. The van der Waals surface area contributed by atoms with Crippen LogP contribution in [-0.2, 0) is 9.53 Å². The summed E-state index contributed by atoms with van der Waals surface area (Å²) in [5.41, 5.74) is 6.25. The second kappa shape index (κ2) is 7.47. The first-order valence-corrected chi connectivity index (χ1v) is 6.69. The van der Waals surface area contributed by atoms with Crippen molar-refractivity contribution in [1.29, 1.82) is 0 Å². The number of benzene rings is 1. The highest BCUT2D eigenvalue weighted by Gasteiger charge is 2.10. The topological polar surface area (TPSA) is 81.4 Å². The van der Waals surface area contributed by atoms with Crippen molar-refractivity contribution < 1.29 is 14.3 Å². The van der Waals surface area contributed by atoms with E-state index in [0.29, 0.717) is 17.1 Å². The zero-order valence-corrected chi connectivity index (χ0v) is 12.7. The normalized spacial score (nSPS) is 10.3. The van der Waals surface area contributed by atoms with Crippen molar-refractivity contribution in [2.24, 2.45) is 5.73 Å². The van der Waals surface area contributed by atoms with Crippen LogP contribution in [0.4, 0.5) is 0 Å². The monoisotopic (exact) mass is 348 g/mol. The third-order valence-electron chi connectivity index (χ3n) is 2.25. The summed E-state index contributed by atoms with van der Waals surface area (Å²) in [4.78, 5) is 22.2. The standard InChI is InChI=1S/C12H14BrClN2O3/c1-7-4-8(5-9(14)11(7)13)12(18)16-2-3-19-6-10(15)17/h4-5H,2-3,6H2,1H3,(H2,15,17)(H,16,18). The van der Waals surface area contributed by atoms with E-state index >= 15 is 0 Å². The Morgan fingerprint density at radius 3 is 2.74 bits per heavy atom. The molecule has 1 aromatic carbocycles. The van der Waals surface area contributed by atoms with Gasteiger partial charge in [0.05, 0.1) is 11.6 Å². The molecule has 0 unspecified atom stereocenters. The van der Waals surface area contributed by atoms with E-state index in [-0.39, 0.29) is 19.1 Å². The molecule has 0 atom stereocenters. The van der Waals surface area contributed by atoms with Gasteiger partial charge in [0.1, 0.15) is 6.61 Å². The number of carbonyl (C=O) groups excluding carboxylic acids is 2. The van der Waals surface area contributed by atoms with Gasteiger partial charge in [-0.15, -0.1) is 0 Å². The second-order valence-electron chi connectivity index (χ2n) is 3.86. The first kappa shape index (κ1) is 15.9. The van der Waals surface area contributed by atoms with Crippen molar-refractivity contribution in [2.45, 2.75) is 6.92 Å².